The summed E-state index contributed by atoms with van der Waals surface area (Å²) in [4.78, 5) is 51.1. The van der Waals surface area contributed by atoms with Crippen LogP contribution in [0.15, 0.2) is 66.2 Å². The molecule has 3 aromatic carbocycles. The number of aromatic hydroxyl groups is 1. The lowest BCUT2D eigenvalue weighted by molar-refractivity contribution is -0.122. The van der Waals surface area contributed by atoms with E-state index in [1.54, 1.807) is 25.1 Å². The Labute approximate surface area is 232 Å². The van der Waals surface area contributed by atoms with Crippen LogP contribution >= 0.6 is 23.2 Å². The van der Waals surface area contributed by atoms with Gasteiger partial charge in [0.25, 0.3) is 17.7 Å². The number of phenols is 1. The summed E-state index contributed by atoms with van der Waals surface area (Å²) in [5.74, 6) is -1.68. The van der Waals surface area contributed by atoms with Crippen molar-refractivity contribution >= 4 is 64.4 Å². The van der Waals surface area contributed by atoms with Gasteiger partial charge in [-0.1, -0.05) is 29.3 Å². The van der Waals surface area contributed by atoms with Crippen LogP contribution in [0.3, 0.4) is 0 Å². The van der Waals surface area contributed by atoms with Crippen molar-refractivity contribution < 1.29 is 33.8 Å². The van der Waals surface area contributed by atoms with E-state index in [9.17, 15) is 24.3 Å². The lowest BCUT2D eigenvalue weighted by atomic mass is 10.1. The molecule has 0 radical (unpaired) electrons. The quantitative estimate of drug-likeness (QED) is 0.262. The first-order valence-electron chi connectivity index (χ1n) is 11.5. The van der Waals surface area contributed by atoms with Crippen molar-refractivity contribution in [2.75, 3.05) is 23.4 Å². The summed E-state index contributed by atoms with van der Waals surface area (Å²) < 4.78 is 11.3. The van der Waals surface area contributed by atoms with E-state index in [0.29, 0.717) is 21.3 Å². The second kappa shape index (κ2) is 11.9. The van der Waals surface area contributed by atoms with Gasteiger partial charge in [0.1, 0.15) is 11.3 Å². The zero-order chi connectivity index (χ0) is 28.1. The van der Waals surface area contributed by atoms with Crippen molar-refractivity contribution in [3.05, 3.63) is 81.8 Å². The first kappa shape index (κ1) is 27.5. The molecule has 0 aliphatic carbocycles. The molecule has 0 atom stereocenters. The molecule has 1 fully saturated rings. The summed E-state index contributed by atoms with van der Waals surface area (Å²) in [6, 6.07) is 13.7. The fraction of sp³-hybridized carbons (Fsp3) is 0.111. The Morgan fingerprint density at radius 1 is 0.974 bits per heavy atom. The normalized spacial score (nSPS) is 14.3. The maximum absolute atomic E-state index is 13.1. The molecule has 0 bridgehead atoms. The molecule has 0 aromatic heterocycles. The van der Waals surface area contributed by atoms with Crippen LogP contribution in [0.1, 0.15) is 12.5 Å². The Morgan fingerprint density at radius 2 is 1.72 bits per heavy atom. The molecule has 1 aliphatic rings. The van der Waals surface area contributed by atoms with Crippen LogP contribution < -0.4 is 25.0 Å². The predicted octanol–water partition coefficient (Wildman–Crippen LogP) is 4.78. The van der Waals surface area contributed by atoms with Crippen molar-refractivity contribution in [2.24, 2.45) is 0 Å². The maximum Gasteiger partial charge on any atom is 0.335 e. The Kier molecular flexibility index (Phi) is 8.38. The lowest BCUT2D eigenvalue weighted by Crippen LogP contribution is -2.54. The van der Waals surface area contributed by atoms with Crippen LogP contribution in [0.25, 0.3) is 6.08 Å². The largest absolute Gasteiger partial charge is 0.508 e. The summed E-state index contributed by atoms with van der Waals surface area (Å²) in [6.45, 7) is 1.69. The number of rotatable bonds is 8. The molecule has 0 unspecified atom stereocenters. The Hall–Kier alpha value is -4.54. The third kappa shape index (κ3) is 6.49. The van der Waals surface area contributed by atoms with E-state index < -0.39 is 23.8 Å². The number of anilines is 2. The molecular formula is C27H21Cl2N3O7. The topological polar surface area (TPSA) is 134 Å². The van der Waals surface area contributed by atoms with Gasteiger partial charge in [0.05, 0.1) is 22.3 Å². The number of carbonyl (C=O) groups is 4. The fourth-order valence-electron chi connectivity index (χ4n) is 3.58. The van der Waals surface area contributed by atoms with E-state index >= 15 is 0 Å². The van der Waals surface area contributed by atoms with Crippen molar-refractivity contribution in [1.29, 1.82) is 0 Å². The summed E-state index contributed by atoms with van der Waals surface area (Å²) in [7, 11) is 0. The maximum atomic E-state index is 13.1. The molecule has 12 heteroatoms. The highest BCUT2D eigenvalue weighted by Gasteiger charge is 2.36. The molecule has 0 saturated carbocycles. The Bertz CT molecular complexity index is 1490. The number of barbiturate groups is 1. The molecule has 1 heterocycles. The second-order valence-electron chi connectivity index (χ2n) is 8.08. The van der Waals surface area contributed by atoms with E-state index in [1.807, 2.05) is 0 Å². The molecule has 1 aliphatic heterocycles. The van der Waals surface area contributed by atoms with E-state index in [1.165, 1.54) is 48.5 Å². The van der Waals surface area contributed by atoms with E-state index in [2.05, 4.69) is 10.6 Å². The van der Waals surface area contributed by atoms with Gasteiger partial charge in [0.15, 0.2) is 18.1 Å². The van der Waals surface area contributed by atoms with Gasteiger partial charge in [0.2, 0.25) is 0 Å². The third-order valence-electron chi connectivity index (χ3n) is 5.35. The number of ether oxygens (including phenoxy) is 2. The van der Waals surface area contributed by atoms with Crippen LogP contribution in [0.2, 0.25) is 10.0 Å². The smallest absolute Gasteiger partial charge is 0.335 e. The molecule has 3 aromatic rings. The van der Waals surface area contributed by atoms with Gasteiger partial charge in [-0.2, -0.15) is 0 Å². The van der Waals surface area contributed by atoms with Crippen LogP contribution in [0.4, 0.5) is 16.2 Å². The van der Waals surface area contributed by atoms with Crippen molar-refractivity contribution in [1.82, 2.24) is 5.32 Å². The van der Waals surface area contributed by atoms with Crippen molar-refractivity contribution in [3.63, 3.8) is 0 Å². The number of carbonyl (C=O) groups excluding carboxylic acids is 4. The average Bonchev–Trinajstić information content (AvgIpc) is 2.89. The predicted molar refractivity (Wildman–Crippen MR) is 145 cm³/mol. The highest BCUT2D eigenvalue weighted by atomic mass is 35.5. The minimum absolute atomic E-state index is 0.0481. The zero-order valence-corrected chi connectivity index (χ0v) is 21.9. The molecule has 4 rings (SSSR count). The summed E-state index contributed by atoms with van der Waals surface area (Å²) >= 11 is 11.9. The molecule has 39 heavy (non-hydrogen) atoms. The monoisotopic (exact) mass is 569 g/mol. The molecule has 1 saturated heterocycles. The third-order valence-corrected chi connectivity index (χ3v) is 6.09. The average molecular weight is 570 g/mol. The zero-order valence-electron chi connectivity index (χ0n) is 20.4. The number of urea groups is 1. The van der Waals surface area contributed by atoms with Gasteiger partial charge in [0, 0.05) is 5.69 Å². The summed E-state index contributed by atoms with van der Waals surface area (Å²) in [6.07, 6.45) is 1.31. The standard InChI is InChI=1S/C27H21Cl2N3O7/c1-2-38-23-12-15(3-10-22(23)39-14-24(34)30-16-4-9-20(28)21(29)13-16)11-19-25(35)31-27(37)32(26(19)36)17-5-7-18(33)8-6-17/h3-13,33H,2,14H2,1H3,(H,30,34)(H,31,35,37)/b19-11-. The summed E-state index contributed by atoms with van der Waals surface area (Å²) in [5, 5.41) is 14.9. The highest BCUT2D eigenvalue weighted by molar-refractivity contribution is 6.42. The van der Waals surface area contributed by atoms with Crippen LogP contribution in [0, 0.1) is 0 Å². The number of amides is 5. The number of phenolic OH excluding ortho intramolecular Hbond substituents is 1. The molecule has 200 valence electrons. The van der Waals surface area contributed by atoms with Crippen molar-refractivity contribution in [3.8, 4) is 17.2 Å². The molecule has 3 N–H and O–H groups in total. The van der Waals surface area contributed by atoms with Gasteiger partial charge in [-0.05, 0) is 73.2 Å². The van der Waals surface area contributed by atoms with Crippen LogP contribution in [0.5, 0.6) is 17.2 Å². The Morgan fingerprint density at radius 3 is 2.41 bits per heavy atom. The van der Waals surface area contributed by atoms with E-state index in [4.69, 9.17) is 32.7 Å². The van der Waals surface area contributed by atoms with Gasteiger partial charge < -0.3 is 19.9 Å². The molecule has 5 amide bonds. The first-order chi connectivity index (χ1) is 18.7. The Balaban J connectivity index is 1.52. The van der Waals surface area contributed by atoms with Crippen LogP contribution in [-0.4, -0.2) is 42.1 Å². The molecule has 0 spiro atoms. The fourth-order valence-corrected chi connectivity index (χ4v) is 3.87. The SMILES string of the molecule is CCOc1cc(/C=C2/C(=O)NC(=O)N(c3ccc(O)cc3)C2=O)ccc1OCC(=O)Nc1ccc(Cl)c(Cl)c1. The number of hydrogen-bond acceptors (Lipinski definition) is 7. The minimum Gasteiger partial charge on any atom is -0.508 e. The van der Waals surface area contributed by atoms with Gasteiger partial charge in [-0.25, -0.2) is 9.69 Å². The number of halogens is 2. The van der Waals surface area contributed by atoms with Gasteiger partial charge >= 0.3 is 6.03 Å². The second-order valence-corrected chi connectivity index (χ2v) is 8.89. The minimum atomic E-state index is -0.911. The van der Waals surface area contributed by atoms with Gasteiger partial charge in [-0.3, -0.25) is 19.7 Å². The molecular weight excluding hydrogens is 549 g/mol. The number of nitrogens with zero attached hydrogens (tertiary/aromatic N) is 1. The molecule has 10 nitrogen and oxygen atoms in total. The van der Waals surface area contributed by atoms with Crippen molar-refractivity contribution in [2.45, 2.75) is 6.92 Å². The van der Waals surface area contributed by atoms with Crippen LogP contribution in [-0.2, 0) is 14.4 Å². The number of hydrogen-bond donors (Lipinski definition) is 3. The van der Waals surface area contributed by atoms with E-state index in [0.717, 1.165) is 4.90 Å². The van der Waals surface area contributed by atoms with E-state index in [-0.39, 0.29) is 41.7 Å². The summed E-state index contributed by atoms with van der Waals surface area (Å²) in [5.41, 5.74) is 0.733. The highest BCUT2D eigenvalue weighted by Crippen LogP contribution is 2.31. The lowest BCUT2D eigenvalue weighted by Gasteiger charge is -2.26. The number of benzene rings is 3. The number of nitrogens with one attached hydrogen (secondary N) is 2. The first-order valence-corrected chi connectivity index (χ1v) is 12.3. The number of imide groups is 2. The van der Waals surface area contributed by atoms with Gasteiger partial charge in [-0.15, -0.1) is 0 Å².